The highest BCUT2D eigenvalue weighted by Gasteiger charge is 2.05. The Morgan fingerprint density at radius 2 is 2.10 bits per heavy atom. The standard InChI is InChI=1S/C12H12N4O4/c17-11(18)5-8-1-2-9(6-13-8)15-12(19)14-7-10-3-4-20-16-10/h1-4,6H,5,7H2,(H,17,18)(H2,14,15,19). The first-order chi connectivity index (χ1) is 9.63. The number of hydrogen-bond acceptors (Lipinski definition) is 5. The van der Waals surface area contributed by atoms with E-state index in [1.807, 2.05) is 0 Å². The average molecular weight is 276 g/mol. The van der Waals surface area contributed by atoms with Gasteiger partial charge in [-0.3, -0.25) is 9.78 Å². The summed E-state index contributed by atoms with van der Waals surface area (Å²) in [6.45, 7) is 0.243. The van der Waals surface area contributed by atoms with Crippen LogP contribution >= 0.6 is 0 Å². The van der Waals surface area contributed by atoms with E-state index in [0.29, 0.717) is 17.1 Å². The van der Waals surface area contributed by atoms with E-state index in [0.717, 1.165) is 0 Å². The Labute approximate surface area is 113 Å². The average Bonchev–Trinajstić information content (AvgIpc) is 2.91. The highest BCUT2D eigenvalue weighted by atomic mass is 16.5. The predicted octanol–water partition coefficient (Wildman–Crippen LogP) is 1.02. The van der Waals surface area contributed by atoms with Crippen molar-refractivity contribution in [2.75, 3.05) is 5.32 Å². The van der Waals surface area contributed by atoms with Gasteiger partial charge in [-0.15, -0.1) is 0 Å². The zero-order valence-electron chi connectivity index (χ0n) is 10.4. The Balaban J connectivity index is 1.83. The van der Waals surface area contributed by atoms with Crippen LogP contribution in [-0.4, -0.2) is 27.2 Å². The highest BCUT2D eigenvalue weighted by Crippen LogP contribution is 2.06. The van der Waals surface area contributed by atoms with E-state index in [1.54, 1.807) is 18.2 Å². The minimum Gasteiger partial charge on any atom is -0.481 e. The fourth-order valence-electron chi connectivity index (χ4n) is 1.43. The van der Waals surface area contributed by atoms with Crippen LogP contribution in [0, 0.1) is 0 Å². The van der Waals surface area contributed by atoms with Crippen molar-refractivity contribution in [1.82, 2.24) is 15.5 Å². The number of amides is 2. The van der Waals surface area contributed by atoms with Gasteiger partial charge < -0.3 is 20.3 Å². The first kappa shape index (κ1) is 13.5. The minimum absolute atomic E-state index is 0.154. The molecule has 0 fully saturated rings. The summed E-state index contributed by atoms with van der Waals surface area (Å²) in [5.74, 6) is -0.955. The van der Waals surface area contributed by atoms with Crippen LogP contribution in [0.1, 0.15) is 11.4 Å². The Morgan fingerprint density at radius 1 is 1.25 bits per heavy atom. The molecule has 0 aromatic carbocycles. The van der Waals surface area contributed by atoms with Crippen molar-refractivity contribution in [1.29, 1.82) is 0 Å². The molecule has 0 radical (unpaired) electrons. The predicted molar refractivity (Wildman–Crippen MR) is 67.9 cm³/mol. The van der Waals surface area contributed by atoms with Crippen LogP contribution in [0.25, 0.3) is 0 Å². The first-order valence-corrected chi connectivity index (χ1v) is 5.74. The number of aromatic nitrogens is 2. The molecular weight excluding hydrogens is 264 g/mol. The summed E-state index contributed by atoms with van der Waals surface area (Å²) < 4.78 is 4.63. The number of nitrogens with one attached hydrogen (secondary N) is 2. The third kappa shape index (κ3) is 4.09. The molecule has 3 N–H and O–H groups in total. The lowest BCUT2D eigenvalue weighted by Crippen LogP contribution is -2.28. The summed E-state index contributed by atoms with van der Waals surface area (Å²) in [5, 5.41) is 17.4. The van der Waals surface area contributed by atoms with E-state index in [4.69, 9.17) is 5.11 Å². The number of hydrogen-bond donors (Lipinski definition) is 3. The van der Waals surface area contributed by atoms with Crippen molar-refractivity contribution in [2.24, 2.45) is 0 Å². The van der Waals surface area contributed by atoms with Crippen molar-refractivity contribution >= 4 is 17.7 Å². The normalized spacial score (nSPS) is 10.0. The molecule has 0 saturated carbocycles. The Kier molecular flexibility index (Phi) is 4.28. The lowest BCUT2D eigenvalue weighted by atomic mass is 10.2. The van der Waals surface area contributed by atoms with Gasteiger partial charge in [0.25, 0.3) is 0 Å². The molecule has 0 bridgehead atoms. The maximum absolute atomic E-state index is 11.6. The first-order valence-electron chi connectivity index (χ1n) is 5.74. The van der Waals surface area contributed by atoms with Crippen LogP contribution in [0.2, 0.25) is 0 Å². The molecule has 8 nitrogen and oxygen atoms in total. The molecule has 2 amide bonds. The van der Waals surface area contributed by atoms with Gasteiger partial charge in [0.05, 0.1) is 30.5 Å². The molecule has 0 unspecified atom stereocenters. The molecule has 0 aliphatic rings. The molecule has 0 aliphatic carbocycles. The number of carbonyl (C=O) groups excluding carboxylic acids is 1. The second-order valence-corrected chi connectivity index (χ2v) is 3.91. The van der Waals surface area contributed by atoms with Crippen molar-refractivity contribution in [3.8, 4) is 0 Å². The number of nitrogens with zero attached hydrogens (tertiary/aromatic N) is 2. The highest BCUT2D eigenvalue weighted by molar-refractivity contribution is 5.88. The van der Waals surface area contributed by atoms with Gasteiger partial charge in [0.2, 0.25) is 0 Å². The summed E-state index contributed by atoms with van der Waals surface area (Å²) >= 11 is 0. The van der Waals surface area contributed by atoms with Gasteiger partial charge >= 0.3 is 12.0 Å². The number of carbonyl (C=O) groups is 2. The molecule has 2 aromatic rings. The molecule has 0 spiro atoms. The minimum atomic E-state index is -0.955. The molecule has 2 aromatic heterocycles. The van der Waals surface area contributed by atoms with Crippen molar-refractivity contribution in [3.05, 3.63) is 42.0 Å². The van der Waals surface area contributed by atoms with Gasteiger partial charge in [0, 0.05) is 6.07 Å². The lowest BCUT2D eigenvalue weighted by Gasteiger charge is -2.06. The van der Waals surface area contributed by atoms with Gasteiger partial charge in [-0.05, 0) is 12.1 Å². The topological polar surface area (TPSA) is 117 Å². The summed E-state index contributed by atoms with van der Waals surface area (Å²) in [5.41, 5.74) is 1.50. The number of urea groups is 1. The van der Waals surface area contributed by atoms with Crippen molar-refractivity contribution in [3.63, 3.8) is 0 Å². The zero-order chi connectivity index (χ0) is 14.4. The van der Waals surface area contributed by atoms with Crippen molar-refractivity contribution < 1.29 is 19.2 Å². The van der Waals surface area contributed by atoms with Crippen molar-refractivity contribution in [2.45, 2.75) is 13.0 Å². The maximum atomic E-state index is 11.6. The third-order valence-electron chi connectivity index (χ3n) is 2.34. The molecule has 104 valence electrons. The summed E-state index contributed by atoms with van der Waals surface area (Å²) in [6.07, 6.45) is 2.66. The summed E-state index contributed by atoms with van der Waals surface area (Å²) in [6, 6.07) is 4.35. The number of rotatable bonds is 5. The summed E-state index contributed by atoms with van der Waals surface area (Å²) in [4.78, 5) is 26.0. The van der Waals surface area contributed by atoms with Gasteiger partial charge in [0.15, 0.2) is 0 Å². The molecule has 20 heavy (non-hydrogen) atoms. The van der Waals surface area contributed by atoms with Crippen LogP contribution in [0.3, 0.4) is 0 Å². The lowest BCUT2D eigenvalue weighted by molar-refractivity contribution is -0.136. The fraction of sp³-hybridized carbons (Fsp3) is 0.167. The quantitative estimate of drug-likeness (QED) is 0.750. The molecule has 8 heteroatoms. The molecule has 0 saturated heterocycles. The smallest absolute Gasteiger partial charge is 0.319 e. The van der Waals surface area contributed by atoms with E-state index in [9.17, 15) is 9.59 Å². The third-order valence-corrected chi connectivity index (χ3v) is 2.34. The second-order valence-electron chi connectivity index (χ2n) is 3.91. The van der Waals surface area contributed by atoms with E-state index in [2.05, 4.69) is 25.3 Å². The van der Waals surface area contributed by atoms with Crippen LogP contribution < -0.4 is 10.6 Å². The Bertz CT molecular complexity index is 580. The number of carboxylic acids is 1. The number of anilines is 1. The van der Waals surface area contributed by atoms with Crippen LogP contribution in [0.4, 0.5) is 10.5 Å². The van der Waals surface area contributed by atoms with Gasteiger partial charge in [-0.25, -0.2) is 4.79 Å². The van der Waals surface area contributed by atoms with Crippen LogP contribution in [0.15, 0.2) is 35.2 Å². The number of carboxylic acid groups (broad SMARTS) is 1. The Morgan fingerprint density at radius 3 is 2.70 bits per heavy atom. The number of aliphatic carboxylic acids is 1. The molecule has 0 aliphatic heterocycles. The monoisotopic (exact) mass is 276 g/mol. The molecule has 2 rings (SSSR count). The zero-order valence-corrected chi connectivity index (χ0v) is 10.4. The molecular formula is C12H12N4O4. The SMILES string of the molecule is O=C(O)Cc1ccc(NC(=O)NCc2ccon2)cn1. The van der Waals surface area contributed by atoms with E-state index in [1.165, 1.54) is 12.5 Å². The fourth-order valence-corrected chi connectivity index (χ4v) is 1.43. The van der Waals surface area contributed by atoms with Crippen LogP contribution in [0.5, 0.6) is 0 Å². The van der Waals surface area contributed by atoms with E-state index < -0.39 is 12.0 Å². The molecule has 2 heterocycles. The van der Waals surface area contributed by atoms with Crippen LogP contribution in [-0.2, 0) is 17.8 Å². The Hall–Kier alpha value is -2.90. The largest absolute Gasteiger partial charge is 0.481 e. The van der Waals surface area contributed by atoms with E-state index >= 15 is 0 Å². The van der Waals surface area contributed by atoms with E-state index in [-0.39, 0.29) is 13.0 Å². The second kappa shape index (κ2) is 6.32. The van der Waals surface area contributed by atoms with Gasteiger partial charge in [-0.2, -0.15) is 0 Å². The van der Waals surface area contributed by atoms with Gasteiger partial charge in [-0.1, -0.05) is 5.16 Å². The maximum Gasteiger partial charge on any atom is 0.319 e. The number of pyridine rings is 1. The van der Waals surface area contributed by atoms with Gasteiger partial charge in [0.1, 0.15) is 12.0 Å². The molecule has 0 atom stereocenters. The summed E-state index contributed by atoms with van der Waals surface area (Å²) in [7, 11) is 0.